The van der Waals surface area contributed by atoms with E-state index in [1.807, 2.05) is 0 Å². The number of esters is 1. The molecule has 0 saturated heterocycles. The van der Waals surface area contributed by atoms with E-state index < -0.39 is 61.7 Å². The first kappa shape index (κ1) is 24.1. The number of halogens is 5. The van der Waals surface area contributed by atoms with Crippen molar-refractivity contribution in [2.24, 2.45) is 0 Å². The summed E-state index contributed by atoms with van der Waals surface area (Å²) in [6.45, 7) is -0.607. The predicted octanol–water partition coefficient (Wildman–Crippen LogP) is 4.21. The number of allylic oxidation sites excluding steroid dienone is 2. The Hall–Kier alpha value is -2.14. The molecule has 0 heterocycles. The molecule has 0 saturated carbocycles. The van der Waals surface area contributed by atoms with E-state index in [0.29, 0.717) is 19.3 Å². The van der Waals surface area contributed by atoms with E-state index in [0.717, 1.165) is 18.2 Å². The number of carbonyl (C=O) groups excluding carboxylic acids is 2. The molecule has 0 atom stereocenters. The molecule has 0 spiro atoms. The Morgan fingerprint density at radius 2 is 1.93 bits per heavy atom. The van der Waals surface area contributed by atoms with Gasteiger partial charge in [0.1, 0.15) is 10.7 Å². The molecule has 2 rings (SSSR count). The third-order valence-electron chi connectivity index (χ3n) is 4.12. The lowest BCUT2D eigenvalue weighted by Gasteiger charge is -2.20. The summed E-state index contributed by atoms with van der Waals surface area (Å²) in [5, 5.41) is -0.692. The Balaban J connectivity index is 2.44. The van der Waals surface area contributed by atoms with Crippen molar-refractivity contribution in [2.45, 2.75) is 43.4 Å². The zero-order chi connectivity index (χ0) is 22.7. The van der Waals surface area contributed by atoms with E-state index in [2.05, 4.69) is 4.74 Å². The van der Waals surface area contributed by atoms with Crippen LogP contribution in [0.5, 0.6) is 5.75 Å². The molecule has 1 aromatic rings. The molecule has 1 aromatic carbocycles. The molecular formula is C18H17ClF4O6S. The predicted molar refractivity (Wildman–Crippen MR) is 98.0 cm³/mol. The first-order valence-corrected chi connectivity index (χ1v) is 10.7. The molecule has 12 heteroatoms. The van der Waals surface area contributed by atoms with Crippen LogP contribution in [0.1, 0.15) is 36.5 Å². The van der Waals surface area contributed by atoms with E-state index in [4.69, 9.17) is 16.3 Å². The summed E-state index contributed by atoms with van der Waals surface area (Å²) < 4.78 is 85.6. The van der Waals surface area contributed by atoms with Crippen LogP contribution in [-0.2, 0) is 19.4 Å². The van der Waals surface area contributed by atoms with Gasteiger partial charge in [0.05, 0.1) is 16.3 Å². The summed E-state index contributed by atoms with van der Waals surface area (Å²) >= 11 is 6.02. The summed E-state index contributed by atoms with van der Waals surface area (Å²) in [5.41, 5.74) is -0.444. The van der Waals surface area contributed by atoms with Gasteiger partial charge < -0.3 is 9.47 Å². The number of hydrogen-bond acceptors (Lipinski definition) is 6. The zero-order valence-electron chi connectivity index (χ0n) is 15.6. The average molecular weight is 473 g/mol. The van der Waals surface area contributed by atoms with Gasteiger partial charge in [-0.2, -0.15) is 8.78 Å². The van der Waals surface area contributed by atoms with Crippen molar-refractivity contribution < 1.29 is 45.0 Å². The van der Waals surface area contributed by atoms with Crippen LogP contribution in [0.25, 0.3) is 0 Å². The highest BCUT2D eigenvalue weighted by Gasteiger charge is 2.42. The number of rotatable bonds is 8. The van der Waals surface area contributed by atoms with Crippen LogP contribution in [0.3, 0.4) is 0 Å². The smallest absolute Gasteiger partial charge is 0.344 e. The fourth-order valence-corrected chi connectivity index (χ4v) is 3.86. The fraction of sp³-hybridized carbons (Fsp3) is 0.444. The van der Waals surface area contributed by atoms with Gasteiger partial charge >= 0.3 is 18.3 Å². The molecule has 0 N–H and O–H groups in total. The zero-order valence-corrected chi connectivity index (χ0v) is 17.2. The molecule has 1 aliphatic rings. The maximum absolute atomic E-state index is 13.3. The summed E-state index contributed by atoms with van der Waals surface area (Å²) in [6, 6.07) is 1.87. The standard InChI is InChI=1S/C18H17ClF4O6S/c1-2-30(26,27)13-7-6-12(16(25)29-11-5-3-4-10(24)8-11)14(19)15(13)28-9-18(22,23)17(20)21/h6-8,17H,2-5,9H2,1H3. The third-order valence-corrected chi connectivity index (χ3v) is 6.24. The highest BCUT2D eigenvalue weighted by Crippen LogP contribution is 2.38. The second kappa shape index (κ2) is 9.34. The normalized spacial score (nSPS) is 15.2. The molecule has 30 heavy (non-hydrogen) atoms. The minimum atomic E-state index is -4.58. The van der Waals surface area contributed by atoms with Crippen molar-refractivity contribution in [1.29, 1.82) is 0 Å². The van der Waals surface area contributed by atoms with Gasteiger partial charge in [-0.05, 0) is 18.6 Å². The SMILES string of the molecule is CCS(=O)(=O)c1ccc(C(=O)OC2=CC(=O)CCC2)c(Cl)c1OCC(F)(F)C(F)F. The summed E-state index contributed by atoms with van der Waals surface area (Å²) in [6.07, 6.45) is -1.89. The Morgan fingerprint density at radius 1 is 1.27 bits per heavy atom. The van der Waals surface area contributed by atoms with Gasteiger partial charge in [0, 0.05) is 18.9 Å². The monoisotopic (exact) mass is 472 g/mol. The van der Waals surface area contributed by atoms with Gasteiger partial charge in [-0.15, -0.1) is 0 Å². The van der Waals surface area contributed by atoms with Crippen LogP contribution in [0.15, 0.2) is 28.9 Å². The second-order valence-electron chi connectivity index (χ2n) is 6.33. The molecule has 0 unspecified atom stereocenters. The Morgan fingerprint density at radius 3 is 2.50 bits per heavy atom. The number of carbonyl (C=O) groups is 2. The molecule has 1 aliphatic carbocycles. The number of hydrogen-bond donors (Lipinski definition) is 0. The molecule has 0 aromatic heterocycles. The lowest BCUT2D eigenvalue weighted by atomic mass is 10.1. The van der Waals surface area contributed by atoms with Crippen molar-refractivity contribution in [1.82, 2.24) is 0 Å². The third kappa shape index (κ3) is 5.51. The highest BCUT2D eigenvalue weighted by molar-refractivity contribution is 7.91. The number of benzene rings is 1. The Labute approximate surface area is 174 Å². The largest absolute Gasteiger partial charge is 0.484 e. The molecule has 166 valence electrons. The lowest BCUT2D eigenvalue weighted by Crippen LogP contribution is -2.34. The van der Waals surface area contributed by atoms with Crippen LogP contribution < -0.4 is 4.74 Å². The van der Waals surface area contributed by atoms with Gasteiger partial charge in [-0.1, -0.05) is 18.5 Å². The van der Waals surface area contributed by atoms with Crippen molar-refractivity contribution in [3.8, 4) is 5.75 Å². The molecule has 0 radical (unpaired) electrons. The number of ketones is 1. The number of sulfone groups is 1. The van der Waals surface area contributed by atoms with Gasteiger partial charge in [0.15, 0.2) is 28.0 Å². The van der Waals surface area contributed by atoms with E-state index >= 15 is 0 Å². The highest BCUT2D eigenvalue weighted by atomic mass is 35.5. The first-order valence-electron chi connectivity index (χ1n) is 8.68. The van der Waals surface area contributed by atoms with Crippen molar-refractivity contribution >= 4 is 33.2 Å². The van der Waals surface area contributed by atoms with Gasteiger partial charge in [-0.25, -0.2) is 22.0 Å². The van der Waals surface area contributed by atoms with Gasteiger partial charge in [0.2, 0.25) is 0 Å². The quantitative estimate of drug-likeness (QED) is 0.416. The summed E-state index contributed by atoms with van der Waals surface area (Å²) in [5.74, 6) is -7.19. The summed E-state index contributed by atoms with van der Waals surface area (Å²) in [4.78, 5) is 23.2. The lowest BCUT2D eigenvalue weighted by molar-refractivity contribution is -0.148. The second-order valence-corrected chi connectivity index (χ2v) is 8.95. The molecular weight excluding hydrogens is 456 g/mol. The van der Waals surface area contributed by atoms with Crippen LogP contribution >= 0.6 is 11.6 Å². The minimum Gasteiger partial charge on any atom is -0.484 e. The minimum absolute atomic E-state index is 0.0595. The average Bonchev–Trinajstić information content (AvgIpc) is 2.66. The number of ether oxygens (including phenoxy) is 2. The molecule has 0 aliphatic heterocycles. The maximum Gasteiger partial charge on any atom is 0.344 e. The van der Waals surface area contributed by atoms with E-state index in [1.54, 1.807) is 0 Å². The number of alkyl halides is 4. The van der Waals surface area contributed by atoms with Crippen molar-refractivity contribution in [3.05, 3.63) is 34.6 Å². The van der Waals surface area contributed by atoms with Crippen molar-refractivity contribution in [2.75, 3.05) is 12.4 Å². The molecule has 6 nitrogen and oxygen atoms in total. The topological polar surface area (TPSA) is 86.7 Å². The Kier molecular flexibility index (Phi) is 7.51. The molecule has 0 fully saturated rings. The summed E-state index contributed by atoms with van der Waals surface area (Å²) in [7, 11) is -4.07. The van der Waals surface area contributed by atoms with Gasteiger partial charge in [0.25, 0.3) is 0 Å². The maximum atomic E-state index is 13.3. The van der Waals surface area contributed by atoms with E-state index in [9.17, 15) is 35.6 Å². The first-order chi connectivity index (χ1) is 13.9. The van der Waals surface area contributed by atoms with Crippen LogP contribution in [-0.4, -0.2) is 44.9 Å². The van der Waals surface area contributed by atoms with E-state index in [-0.39, 0.29) is 11.5 Å². The van der Waals surface area contributed by atoms with Crippen molar-refractivity contribution in [3.63, 3.8) is 0 Å². The van der Waals surface area contributed by atoms with Crippen LogP contribution in [0.2, 0.25) is 5.02 Å². The molecule has 0 amide bonds. The fourth-order valence-electron chi connectivity index (χ4n) is 2.48. The van der Waals surface area contributed by atoms with Crippen LogP contribution in [0, 0.1) is 0 Å². The van der Waals surface area contributed by atoms with Gasteiger partial charge in [-0.3, -0.25) is 4.79 Å². The molecule has 0 bridgehead atoms. The van der Waals surface area contributed by atoms with E-state index in [1.165, 1.54) is 6.92 Å². The Bertz CT molecular complexity index is 975. The van der Waals surface area contributed by atoms with Crippen LogP contribution in [0.4, 0.5) is 17.6 Å².